The van der Waals surface area contributed by atoms with Crippen molar-refractivity contribution in [2.24, 2.45) is 11.8 Å². The number of piperidine rings is 1. The van der Waals surface area contributed by atoms with Crippen molar-refractivity contribution >= 4 is 29.1 Å². The van der Waals surface area contributed by atoms with Crippen molar-refractivity contribution in [3.8, 4) is 11.3 Å². The van der Waals surface area contributed by atoms with Crippen LogP contribution in [0.2, 0.25) is 5.02 Å². The Bertz CT molecular complexity index is 895. The summed E-state index contributed by atoms with van der Waals surface area (Å²) in [6.45, 7) is 5.36. The quantitative estimate of drug-likeness (QED) is 0.626. The smallest absolute Gasteiger partial charge is 0.229 e. The Kier molecular flexibility index (Phi) is 7.37. The molecule has 0 saturated carbocycles. The van der Waals surface area contributed by atoms with Gasteiger partial charge in [0.1, 0.15) is 11.6 Å². The fourth-order valence-corrected chi connectivity index (χ4v) is 4.24. The van der Waals surface area contributed by atoms with Gasteiger partial charge in [-0.2, -0.15) is 0 Å². The molecule has 2 aromatic heterocycles. The van der Waals surface area contributed by atoms with Gasteiger partial charge in [0, 0.05) is 44.1 Å². The molecule has 7 nitrogen and oxygen atoms in total. The van der Waals surface area contributed by atoms with Crippen LogP contribution < -0.4 is 16.0 Å². The van der Waals surface area contributed by atoms with E-state index in [1.807, 2.05) is 18.2 Å². The van der Waals surface area contributed by atoms with Gasteiger partial charge in [0.15, 0.2) is 0 Å². The Morgan fingerprint density at radius 2 is 2.06 bits per heavy atom. The molecular formula is C23H30ClN5O2. The number of amides is 1. The van der Waals surface area contributed by atoms with Crippen molar-refractivity contribution in [3.63, 3.8) is 0 Å². The summed E-state index contributed by atoms with van der Waals surface area (Å²) in [5.74, 6) is 1.84. The lowest BCUT2D eigenvalue weighted by molar-refractivity contribution is -0.120. The van der Waals surface area contributed by atoms with Gasteiger partial charge in [0.05, 0.1) is 16.6 Å². The average Bonchev–Trinajstić information content (AvgIpc) is 2.80. The number of ether oxygens (including phenoxy) is 1. The van der Waals surface area contributed by atoms with E-state index in [9.17, 15) is 4.79 Å². The maximum atomic E-state index is 12.6. The maximum Gasteiger partial charge on any atom is 0.229 e. The molecule has 2 aliphatic rings. The number of carbonyl (C=O) groups is 1. The molecular weight excluding hydrogens is 414 g/mol. The molecule has 0 radical (unpaired) electrons. The number of aromatic nitrogens is 2. The number of rotatable bonds is 6. The first-order valence-electron chi connectivity index (χ1n) is 11.1. The molecule has 2 aliphatic heterocycles. The van der Waals surface area contributed by atoms with Crippen LogP contribution in [-0.4, -0.2) is 48.2 Å². The number of carbonyl (C=O) groups excluding carboxylic acids is 1. The Morgan fingerprint density at radius 3 is 2.84 bits per heavy atom. The molecule has 3 N–H and O–H groups in total. The Morgan fingerprint density at radius 1 is 1.23 bits per heavy atom. The number of nitrogens with one attached hydrogen (secondary N) is 3. The monoisotopic (exact) mass is 443 g/mol. The van der Waals surface area contributed by atoms with Crippen molar-refractivity contribution in [2.45, 2.75) is 38.6 Å². The predicted octanol–water partition coefficient (Wildman–Crippen LogP) is 3.96. The summed E-state index contributed by atoms with van der Waals surface area (Å²) in [6, 6.07) is 8.08. The number of hydrogen-bond acceptors (Lipinski definition) is 6. The molecule has 4 heterocycles. The maximum absolute atomic E-state index is 12.6. The van der Waals surface area contributed by atoms with E-state index in [4.69, 9.17) is 21.3 Å². The molecule has 1 amide bonds. The summed E-state index contributed by atoms with van der Waals surface area (Å²) in [7, 11) is 0. The highest BCUT2D eigenvalue weighted by molar-refractivity contribution is 6.33. The minimum Gasteiger partial charge on any atom is -0.381 e. The number of pyridine rings is 2. The van der Waals surface area contributed by atoms with E-state index in [2.05, 4.69) is 27.9 Å². The zero-order valence-corrected chi connectivity index (χ0v) is 18.6. The van der Waals surface area contributed by atoms with Crippen LogP contribution >= 0.6 is 11.6 Å². The van der Waals surface area contributed by atoms with E-state index in [0.29, 0.717) is 29.3 Å². The third-order valence-electron chi connectivity index (χ3n) is 6.08. The van der Waals surface area contributed by atoms with Crippen LogP contribution in [0.25, 0.3) is 11.3 Å². The van der Waals surface area contributed by atoms with Gasteiger partial charge in [-0.3, -0.25) is 4.79 Å². The van der Waals surface area contributed by atoms with Crippen molar-refractivity contribution < 1.29 is 9.53 Å². The lowest BCUT2D eigenvalue weighted by Gasteiger charge is -2.26. The van der Waals surface area contributed by atoms with E-state index in [0.717, 1.165) is 62.5 Å². The largest absolute Gasteiger partial charge is 0.381 e. The van der Waals surface area contributed by atoms with Crippen LogP contribution in [0.4, 0.5) is 11.6 Å². The minimum atomic E-state index is -0.0482. The van der Waals surface area contributed by atoms with Gasteiger partial charge < -0.3 is 20.7 Å². The lowest BCUT2D eigenvalue weighted by Crippen LogP contribution is -2.41. The predicted molar refractivity (Wildman–Crippen MR) is 123 cm³/mol. The standard InChI is InChI=1S/C23H30ClN5O2/c1-15-5-6-17(13-25-15)23(30)29-22-11-18(19(24)14-27-22)20-3-2-4-21(28-20)26-12-16-7-9-31-10-8-16/h2-4,11,14-17,25H,5-10,12-13H2,1H3,(H,26,28)(H,27,29,30)/t15-,17+/m0/s1. The SMILES string of the molecule is C[C@H]1CC[C@@H](C(=O)Nc2cc(-c3cccc(NCC4CCOCC4)n3)c(Cl)cn2)CN1. The van der Waals surface area contributed by atoms with E-state index in [1.54, 1.807) is 12.3 Å². The van der Waals surface area contributed by atoms with Crippen LogP contribution in [0.1, 0.15) is 32.6 Å². The minimum absolute atomic E-state index is 0.0139. The zero-order chi connectivity index (χ0) is 21.6. The van der Waals surface area contributed by atoms with Crippen molar-refractivity contribution in [3.05, 3.63) is 35.5 Å². The summed E-state index contributed by atoms with van der Waals surface area (Å²) in [4.78, 5) is 21.7. The number of nitrogens with zero attached hydrogens (tertiary/aromatic N) is 2. The van der Waals surface area contributed by atoms with E-state index in [-0.39, 0.29) is 11.8 Å². The lowest BCUT2D eigenvalue weighted by atomic mass is 9.95. The molecule has 166 valence electrons. The Hall–Kier alpha value is -2.22. The van der Waals surface area contributed by atoms with Gasteiger partial charge >= 0.3 is 0 Å². The van der Waals surface area contributed by atoms with Crippen LogP contribution in [-0.2, 0) is 9.53 Å². The Balaban J connectivity index is 1.43. The number of anilines is 2. The number of halogens is 1. The van der Waals surface area contributed by atoms with Crippen LogP contribution in [0.15, 0.2) is 30.5 Å². The van der Waals surface area contributed by atoms with Crippen LogP contribution in [0, 0.1) is 11.8 Å². The highest BCUT2D eigenvalue weighted by Crippen LogP contribution is 2.29. The topological polar surface area (TPSA) is 88.2 Å². The van der Waals surface area contributed by atoms with Gasteiger partial charge in [0.2, 0.25) is 5.91 Å². The summed E-state index contributed by atoms with van der Waals surface area (Å²) >= 11 is 6.42. The zero-order valence-electron chi connectivity index (χ0n) is 17.9. The van der Waals surface area contributed by atoms with Crippen LogP contribution in [0.5, 0.6) is 0 Å². The van der Waals surface area contributed by atoms with E-state index >= 15 is 0 Å². The molecule has 2 aromatic rings. The first-order valence-corrected chi connectivity index (χ1v) is 11.4. The second kappa shape index (κ2) is 10.4. The molecule has 31 heavy (non-hydrogen) atoms. The van der Waals surface area contributed by atoms with Crippen molar-refractivity contribution in [1.82, 2.24) is 15.3 Å². The summed E-state index contributed by atoms with van der Waals surface area (Å²) < 4.78 is 5.43. The van der Waals surface area contributed by atoms with E-state index < -0.39 is 0 Å². The normalized spacial score (nSPS) is 22.1. The van der Waals surface area contributed by atoms with E-state index in [1.165, 1.54) is 0 Å². The molecule has 0 bridgehead atoms. The van der Waals surface area contributed by atoms with Crippen molar-refractivity contribution in [1.29, 1.82) is 0 Å². The molecule has 8 heteroatoms. The Labute approximate surface area is 188 Å². The third kappa shape index (κ3) is 5.93. The molecule has 0 aliphatic carbocycles. The first kappa shape index (κ1) is 22.0. The molecule has 4 rings (SSSR count). The van der Waals surface area contributed by atoms with Gasteiger partial charge in [-0.05, 0) is 56.7 Å². The van der Waals surface area contributed by atoms with Gasteiger partial charge in [-0.15, -0.1) is 0 Å². The molecule has 0 unspecified atom stereocenters. The van der Waals surface area contributed by atoms with Crippen molar-refractivity contribution in [2.75, 3.05) is 36.9 Å². The first-order chi connectivity index (χ1) is 15.1. The summed E-state index contributed by atoms with van der Waals surface area (Å²) in [5, 5.41) is 10.2. The molecule has 0 spiro atoms. The highest BCUT2D eigenvalue weighted by Gasteiger charge is 2.24. The fourth-order valence-electron chi connectivity index (χ4n) is 4.04. The third-order valence-corrected chi connectivity index (χ3v) is 6.38. The molecule has 2 atom stereocenters. The van der Waals surface area contributed by atoms with Crippen LogP contribution in [0.3, 0.4) is 0 Å². The summed E-state index contributed by atoms with van der Waals surface area (Å²) in [5.41, 5.74) is 1.49. The summed E-state index contributed by atoms with van der Waals surface area (Å²) in [6.07, 6.45) is 5.58. The second-order valence-electron chi connectivity index (χ2n) is 8.47. The van der Waals surface area contributed by atoms with Gasteiger partial charge in [-0.25, -0.2) is 9.97 Å². The second-order valence-corrected chi connectivity index (χ2v) is 8.87. The molecule has 2 fully saturated rings. The molecule has 0 aromatic carbocycles. The van der Waals surface area contributed by atoms with Gasteiger partial charge in [-0.1, -0.05) is 17.7 Å². The molecule has 2 saturated heterocycles. The highest BCUT2D eigenvalue weighted by atomic mass is 35.5. The average molecular weight is 444 g/mol. The fraction of sp³-hybridized carbons (Fsp3) is 0.522. The van der Waals surface area contributed by atoms with Gasteiger partial charge in [0.25, 0.3) is 0 Å². The number of hydrogen-bond donors (Lipinski definition) is 3.